The Balaban J connectivity index is 1.70. The van der Waals surface area contributed by atoms with E-state index in [-0.39, 0.29) is 0 Å². The highest BCUT2D eigenvalue weighted by molar-refractivity contribution is 5.02. The average Bonchev–Trinajstić information content (AvgIpc) is 2.34. The lowest BCUT2D eigenvalue weighted by molar-refractivity contribution is -0.114. The minimum Gasteiger partial charge on any atom is -0.378 e. The van der Waals surface area contributed by atoms with Crippen molar-refractivity contribution in [3.8, 4) is 0 Å². The molecule has 100 valence electrons. The van der Waals surface area contributed by atoms with Crippen molar-refractivity contribution in [1.29, 1.82) is 0 Å². The second-order valence-corrected chi connectivity index (χ2v) is 6.17. The molecule has 17 heavy (non-hydrogen) atoms. The molecule has 1 saturated heterocycles. The molecule has 0 amide bonds. The van der Waals surface area contributed by atoms with Crippen LogP contribution in [0.3, 0.4) is 0 Å². The molecule has 0 radical (unpaired) electrons. The molecule has 3 unspecified atom stereocenters. The Morgan fingerprint density at radius 2 is 2.24 bits per heavy atom. The minimum absolute atomic E-state index is 0.304. The number of hydrogen-bond donors (Lipinski definition) is 2. The first-order chi connectivity index (χ1) is 8.14. The van der Waals surface area contributed by atoms with Crippen LogP contribution in [-0.4, -0.2) is 38.4 Å². The van der Waals surface area contributed by atoms with Crippen LogP contribution in [0.2, 0.25) is 0 Å². The predicted molar refractivity (Wildman–Crippen MR) is 71.2 cm³/mol. The fraction of sp³-hybridized carbons (Fsp3) is 1.00. The Kier molecular flexibility index (Phi) is 4.45. The summed E-state index contributed by atoms with van der Waals surface area (Å²) in [6.07, 6.45) is 4.35. The molecule has 0 aromatic heterocycles. The van der Waals surface area contributed by atoms with E-state index in [4.69, 9.17) is 4.74 Å². The van der Waals surface area contributed by atoms with E-state index in [0.717, 1.165) is 12.5 Å². The lowest BCUT2D eigenvalue weighted by Gasteiger charge is -2.52. The van der Waals surface area contributed by atoms with E-state index in [9.17, 15) is 0 Å². The van der Waals surface area contributed by atoms with Crippen LogP contribution in [0, 0.1) is 11.3 Å². The molecule has 1 saturated carbocycles. The van der Waals surface area contributed by atoms with E-state index < -0.39 is 0 Å². The quantitative estimate of drug-likeness (QED) is 0.768. The van der Waals surface area contributed by atoms with Crippen molar-refractivity contribution < 1.29 is 4.74 Å². The van der Waals surface area contributed by atoms with E-state index in [2.05, 4.69) is 31.4 Å². The SMILES string of the molecule is CCOC1CC(NCC2CCCNC2)C1(C)C. The zero-order valence-corrected chi connectivity index (χ0v) is 11.6. The number of piperidine rings is 1. The van der Waals surface area contributed by atoms with Crippen LogP contribution in [-0.2, 0) is 4.74 Å². The van der Waals surface area contributed by atoms with Crippen LogP contribution in [0.4, 0.5) is 0 Å². The van der Waals surface area contributed by atoms with Crippen molar-refractivity contribution >= 4 is 0 Å². The van der Waals surface area contributed by atoms with Gasteiger partial charge in [-0.25, -0.2) is 0 Å². The van der Waals surface area contributed by atoms with Crippen molar-refractivity contribution in [3.63, 3.8) is 0 Å². The summed E-state index contributed by atoms with van der Waals surface area (Å²) in [6.45, 7) is 11.1. The van der Waals surface area contributed by atoms with Crippen LogP contribution in [0.5, 0.6) is 0 Å². The largest absolute Gasteiger partial charge is 0.378 e. The molecule has 0 aromatic carbocycles. The second-order valence-electron chi connectivity index (χ2n) is 6.17. The summed E-state index contributed by atoms with van der Waals surface area (Å²) in [6, 6.07) is 0.640. The monoisotopic (exact) mass is 240 g/mol. The molecule has 1 aliphatic carbocycles. The summed E-state index contributed by atoms with van der Waals surface area (Å²) in [5, 5.41) is 7.23. The standard InChI is InChI=1S/C14H28N2O/c1-4-17-13-8-12(14(13,2)3)16-10-11-6-5-7-15-9-11/h11-13,15-16H,4-10H2,1-3H3. The van der Waals surface area contributed by atoms with E-state index in [1.807, 2.05) is 0 Å². The average molecular weight is 240 g/mol. The van der Waals surface area contributed by atoms with Gasteiger partial charge in [0.2, 0.25) is 0 Å². The van der Waals surface area contributed by atoms with Crippen molar-refractivity contribution in [2.45, 2.75) is 52.2 Å². The lowest BCUT2D eigenvalue weighted by Crippen LogP contribution is -2.61. The molecule has 2 fully saturated rings. The Morgan fingerprint density at radius 3 is 2.82 bits per heavy atom. The third-order valence-electron chi connectivity index (χ3n) is 4.60. The molecule has 2 aliphatic rings. The van der Waals surface area contributed by atoms with Crippen molar-refractivity contribution in [1.82, 2.24) is 10.6 Å². The maximum absolute atomic E-state index is 5.76. The first-order valence-electron chi connectivity index (χ1n) is 7.20. The van der Waals surface area contributed by atoms with Crippen molar-refractivity contribution in [2.75, 3.05) is 26.2 Å². The summed E-state index contributed by atoms with van der Waals surface area (Å²) in [5.41, 5.74) is 0.304. The van der Waals surface area contributed by atoms with Gasteiger partial charge in [-0.3, -0.25) is 0 Å². The fourth-order valence-electron chi connectivity index (χ4n) is 3.12. The highest BCUT2D eigenvalue weighted by atomic mass is 16.5. The summed E-state index contributed by atoms with van der Waals surface area (Å²) in [4.78, 5) is 0. The molecule has 3 nitrogen and oxygen atoms in total. The summed E-state index contributed by atoms with van der Waals surface area (Å²) >= 11 is 0. The van der Waals surface area contributed by atoms with Gasteiger partial charge in [-0.2, -0.15) is 0 Å². The molecule has 0 spiro atoms. The number of hydrogen-bond acceptors (Lipinski definition) is 3. The number of ether oxygens (including phenoxy) is 1. The van der Waals surface area contributed by atoms with Gasteiger partial charge < -0.3 is 15.4 Å². The van der Waals surface area contributed by atoms with Gasteiger partial charge in [-0.05, 0) is 51.7 Å². The zero-order chi connectivity index (χ0) is 12.3. The Morgan fingerprint density at radius 1 is 1.41 bits per heavy atom. The Labute approximate surface area is 106 Å². The van der Waals surface area contributed by atoms with Crippen LogP contribution in [0.15, 0.2) is 0 Å². The summed E-state index contributed by atoms with van der Waals surface area (Å²) in [7, 11) is 0. The maximum Gasteiger partial charge on any atom is 0.0655 e. The van der Waals surface area contributed by atoms with E-state index in [1.165, 1.54) is 38.9 Å². The van der Waals surface area contributed by atoms with Gasteiger partial charge in [0.25, 0.3) is 0 Å². The van der Waals surface area contributed by atoms with E-state index in [0.29, 0.717) is 17.6 Å². The van der Waals surface area contributed by atoms with Gasteiger partial charge in [0.05, 0.1) is 6.10 Å². The van der Waals surface area contributed by atoms with Gasteiger partial charge in [0.1, 0.15) is 0 Å². The van der Waals surface area contributed by atoms with Crippen LogP contribution < -0.4 is 10.6 Å². The molecule has 2 N–H and O–H groups in total. The number of rotatable bonds is 5. The van der Waals surface area contributed by atoms with E-state index >= 15 is 0 Å². The fourth-order valence-corrected chi connectivity index (χ4v) is 3.12. The maximum atomic E-state index is 5.76. The first kappa shape index (κ1) is 13.3. The summed E-state index contributed by atoms with van der Waals surface area (Å²) < 4.78 is 5.76. The molecule has 1 aliphatic heterocycles. The van der Waals surface area contributed by atoms with Crippen LogP contribution in [0.1, 0.15) is 40.0 Å². The Bertz CT molecular complexity index is 236. The second kappa shape index (κ2) is 5.68. The molecular weight excluding hydrogens is 212 g/mol. The van der Waals surface area contributed by atoms with Gasteiger partial charge in [0.15, 0.2) is 0 Å². The lowest BCUT2D eigenvalue weighted by atomic mass is 9.64. The highest BCUT2D eigenvalue weighted by Gasteiger charge is 2.48. The topological polar surface area (TPSA) is 33.3 Å². The summed E-state index contributed by atoms with van der Waals surface area (Å²) in [5.74, 6) is 0.825. The molecule has 1 heterocycles. The third-order valence-corrected chi connectivity index (χ3v) is 4.60. The smallest absolute Gasteiger partial charge is 0.0655 e. The van der Waals surface area contributed by atoms with Gasteiger partial charge in [-0.15, -0.1) is 0 Å². The molecule has 3 heteroatoms. The van der Waals surface area contributed by atoms with Gasteiger partial charge in [-0.1, -0.05) is 13.8 Å². The third kappa shape index (κ3) is 3.01. The predicted octanol–water partition coefficient (Wildman–Crippen LogP) is 1.78. The Hall–Kier alpha value is -0.120. The normalized spacial score (nSPS) is 36.5. The van der Waals surface area contributed by atoms with Gasteiger partial charge >= 0.3 is 0 Å². The van der Waals surface area contributed by atoms with E-state index in [1.54, 1.807) is 0 Å². The molecule has 0 bridgehead atoms. The molecular formula is C14H28N2O. The molecule has 3 atom stereocenters. The van der Waals surface area contributed by atoms with Gasteiger partial charge in [0, 0.05) is 18.1 Å². The van der Waals surface area contributed by atoms with Crippen LogP contribution in [0.25, 0.3) is 0 Å². The number of nitrogens with one attached hydrogen (secondary N) is 2. The highest BCUT2D eigenvalue weighted by Crippen LogP contribution is 2.42. The zero-order valence-electron chi connectivity index (χ0n) is 11.6. The van der Waals surface area contributed by atoms with Crippen molar-refractivity contribution in [2.24, 2.45) is 11.3 Å². The minimum atomic E-state index is 0.304. The molecule has 2 rings (SSSR count). The van der Waals surface area contributed by atoms with Crippen LogP contribution >= 0.6 is 0 Å². The first-order valence-corrected chi connectivity index (χ1v) is 7.20. The van der Waals surface area contributed by atoms with Crippen molar-refractivity contribution in [3.05, 3.63) is 0 Å². The molecule has 0 aromatic rings.